The van der Waals surface area contributed by atoms with Gasteiger partial charge < -0.3 is 10.2 Å². The van der Waals surface area contributed by atoms with E-state index in [1.807, 2.05) is 0 Å². The highest BCUT2D eigenvalue weighted by Gasteiger charge is 2.15. The van der Waals surface area contributed by atoms with E-state index in [1.165, 1.54) is 0 Å². The van der Waals surface area contributed by atoms with Crippen LogP contribution in [0.5, 0.6) is 0 Å². The first-order chi connectivity index (χ1) is 9.16. The number of carbonyl (C=O) groups excluding carboxylic acids is 1. The number of hydrogen-bond donors (Lipinski definition) is 2. The van der Waals surface area contributed by atoms with Crippen molar-refractivity contribution < 1.29 is 4.79 Å². The van der Waals surface area contributed by atoms with Crippen LogP contribution >= 0.6 is 0 Å². The molecule has 0 bridgehead atoms. The molecule has 2 aromatic rings. The van der Waals surface area contributed by atoms with Gasteiger partial charge in [-0.1, -0.05) is 5.21 Å². The number of tetrazole rings is 1. The fourth-order valence-electron chi connectivity index (χ4n) is 1.48. The van der Waals surface area contributed by atoms with Gasteiger partial charge in [0.1, 0.15) is 0 Å². The van der Waals surface area contributed by atoms with Gasteiger partial charge in [-0.3, -0.25) is 4.79 Å². The molecule has 0 saturated carbocycles. The molecule has 0 aliphatic carbocycles. The maximum absolute atomic E-state index is 11.8. The van der Waals surface area contributed by atoms with Crippen molar-refractivity contribution in [2.24, 2.45) is 0 Å². The number of H-pyrrole nitrogens is 1. The zero-order chi connectivity index (χ0) is 13.7. The molecule has 1 unspecified atom stereocenters. The third-order valence-electron chi connectivity index (χ3n) is 2.40. The number of nitrogens with zero attached hydrogens (tertiary/aromatic N) is 6. The van der Waals surface area contributed by atoms with E-state index in [9.17, 15) is 4.79 Å². The summed E-state index contributed by atoms with van der Waals surface area (Å²) < 4.78 is 0. The Kier molecular flexibility index (Phi) is 3.96. The summed E-state index contributed by atoms with van der Waals surface area (Å²) in [6.07, 6.45) is 3.25. The summed E-state index contributed by atoms with van der Waals surface area (Å²) >= 11 is 0. The molecule has 9 nitrogen and oxygen atoms in total. The molecule has 0 saturated heterocycles. The van der Waals surface area contributed by atoms with E-state index in [-0.39, 0.29) is 18.5 Å². The van der Waals surface area contributed by atoms with Gasteiger partial charge >= 0.3 is 0 Å². The number of hydrogen-bond acceptors (Lipinski definition) is 7. The van der Waals surface area contributed by atoms with Crippen molar-refractivity contribution in [2.45, 2.75) is 13.0 Å². The predicted octanol–water partition coefficient (Wildman–Crippen LogP) is -0.697. The van der Waals surface area contributed by atoms with Crippen LogP contribution in [0.4, 0.5) is 5.95 Å². The van der Waals surface area contributed by atoms with Gasteiger partial charge in [0.25, 0.3) is 0 Å². The van der Waals surface area contributed by atoms with Crippen LogP contribution in [0.15, 0.2) is 18.5 Å². The van der Waals surface area contributed by atoms with E-state index in [4.69, 9.17) is 0 Å². The van der Waals surface area contributed by atoms with E-state index in [0.717, 1.165) is 0 Å². The number of carbonyl (C=O) groups is 1. The lowest BCUT2D eigenvalue weighted by molar-refractivity contribution is -0.120. The van der Waals surface area contributed by atoms with Gasteiger partial charge in [-0.05, 0) is 13.0 Å². The summed E-state index contributed by atoms with van der Waals surface area (Å²) in [6, 6.07) is 1.41. The number of likely N-dealkylation sites (N-methyl/N-ethyl adjacent to an activating group) is 1. The normalized spacial score (nSPS) is 11.9. The molecule has 100 valence electrons. The van der Waals surface area contributed by atoms with Gasteiger partial charge in [0.05, 0.1) is 12.6 Å². The van der Waals surface area contributed by atoms with Crippen LogP contribution in [0.2, 0.25) is 0 Å². The highest BCUT2D eigenvalue weighted by Crippen LogP contribution is 2.04. The molecule has 0 aromatic carbocycles. The third-order valence-corrected chi connectivity index (χ3v) is 2.40. The zero-order valence-electron chi connectivity index (χ0n) is 10.6. The smallest absolute Gasteiger partial charge is 0.240 e. The van der Waals surface area contributed by atoms with Crippen molar-refractivity contribution in [1.29, 1.82) is 0 Å². The van der Waals surface area contributed by atoms with Gasteiger partial charge in [-0.2, -0.15) is 5.21 Å². The minimum atomic E-state index is -0.309. The third kappa shape index (κ3) is 3.44. The molecule has 19 heavy (non-hydrogen) atoms. The van der Waals surface area contributed by atoms with Crippen LogP contribution in [0.3, 0.4) is 0 Å². The molecule has 2 heterocycles. The van der Waals surface area contributed by atoms with Crippen molar-refractivity contribution in [3.05, 3.63) is 24.3 Å². The van der Waals surface area contributed by atoms with Crippen molar-refractivity contribution in [1.82, 2.24) is 35.9 Å². The number of aromatic amines is 1. The molecular formula is C10H14N8O. The Morgan fingerprint density at radius 3 is 2.84 bits per heavy atom. The van der Waals surface area contributed by atoms with Crippen molar-refractivity contribution in [2.75, 3.05) is 18.5 Å². The summed E-state index contributed by atoms with van der Waals surface area (Å²) in [5.74, 6) is 0.754. The van der Waals surface area contributed by atoms with E-state index in [2.05, 4.69) is 35.9 Å². The van der Waals surface area contributed by atoms with Gasteiger partial charge in [0, 0.05) is 19.4 Å². The number of anilines is 1. The monoisotopic (exact) mass is 262 g/mol. The van der Waals surface area contributed by atoms with E-state index >= 15 is 0 Å². The summed E-state index contributed by atoms with van der Waals surface area (Å²) in [5.41, 5.74) is 0. The van der Waals surface area contributed by atoms with Crippen LogP contribution in [0.1, 0.15) is 18.8 Å². The highest BCUT2D eigenvalue weighted by molar-refractivity contribution is 5.80. The zero-order valence-corrected chi connectivity index (χ0v) is 10.6. The highest BCUT2D eigenvalue weighted by atomic mass is 16.2. The Bertz CT molecular complexity index is 514. The predicted molar refractivity (Wildman–Crippen MR) is 66.0 cm³/mol. The first-order valence-electron chi connectivity index (χ1n) is 5.67. The lowest BCUT2D eigenvalue weighted by atomic mass is 10.3. The molecule has 0 aliphatic heterocycles. The van der Waals surface area contributed by atoms with Gasteiger partial charge in [0.2, 0.25) is 11.9 Å². The fraction of sp³-hybridized carbons (Fsp3) is 0.400. The van der Waals surface area contributed by atoms with Crippen LogP contribution in [0.25, 0.3) is 0 Å². The molecule has 2 rings (SSSR count). The molecule has 1 atom stereocenters. The average molecular weight is 262 g/mol. The molecule has 1 amide bonds. The molecule has 0 spiro atoms. The largest absolute Gasteiger partial charge is 0.345 e. The summed E-state index contributed by atoms with van der Waals surface area (Å²) in [4.78, 5) is 21.6. The Labute approximate surface area is 109 Å². The number of aromatic nitrogens is 6. The first-order valence-corrected chi connectivity index (χ1v) is 5.67. The quantitative estimate of drug-likeness (QED) is 0.732. The van der Waals surface area contributed by atoms with E-state index in [1.54, 1.807) is 37.3 Å². The summed E-state index contributed by atoms with van der Waals surface area (Å²) in [7, 11) is 1.74. The minimum absolute atomic E-state index is 0.145. The maximum atomic E-state index is 11.8. The van der Waals surface area contributed by atoms with Gasteiger partial charge in [0.15, 0.2) is 5.82 Å². The topological polar surface area (TPSA) is 113 Å². The van der Waals surface area contributed by atoms with Crippen LogP contribution in [-0.4, -0.2) is 50.1 Å². The average Bonchev–Trinajstić information content (AvgIpc) is 2.93. The second-order valence-corrected chi connectivity index (χ2v) is 3.96. The lowest BCUT2D eigenvalue weighted by Gasteiger charge is -2.17. The Morgan fingerprint density at radius 2 is 2.21 bits per heavy atom. The number of amides is 1. The molecule has 0 radical (unpaired) electrons. The number of rotatable bonds is 5. The van der Waals surface area contributed by atoms with Gasteiger partial charge in [-0.25, -0.2) is 9.97 Å². The fourth-order valence-corrected chi connectivity index (χ4v) is 1.48. The van der Waals surface area contributed by atoms with Crippen LogP contribution in [-0.2, 0) is 4.79 Å². The summed E-state index contributed by atoms with van der Waals surface area (Å²) in [6.45, 7) is 1.92. The lowest BCUT2D eigenvalue weighted by Crippen LogP contribution is -2.37. The second-order valence-electron chi connectivity index (χ2n) is 3.96. The maximum Gasteiger partial charge on any atom is 0.240 e. The van der Waals surface area contributed by atoms with Crippen molar-refractivity contribution >= 4 is 11.9 Å². The molecule has 2 aromatic heterocycles. The minimum Gasteiger partial charge on any atom is -0.345 e. The molecule has 2 N–H and O–H groups in total. The van der Waals surface area contributed by atoms with Crippen molar-refractivity contribution in [3.63, 3.8) is 0 Å². The second kappa shape index (κ2) is 5.85. The number of nitrogens with one attached hydrogen (secondary N) is 2. The summed E-state index contributed by atoms with van der Waals surface area (Å²) in [5, 5.41) is 16.2. The van der Waals surface area contributed by atoms with Gasteiger partial charge in [-0.15, -0.1) is 10.2 Å². The Morgan fingerprint density at radius 1 is 1.47 bits per heavy atom. The van der Waals surface area contributed by atoms with Crippen LogP contribution in [0, 0.1) is 0 Å². The van der Waals surface area contributed by atoms with E-state index in [0.29, 0.717) is 11.8 Å². The molecule has 0 fully saturated rings. The molecular weight excluding hydrogens is 248 g/mol. The molecule has 9 heteroatoms. The Balaban J connectivity index is 1.88. The van der Waals surface area contributed by atoms with Crippen LogP contribution < -0.4 is 10.2 Å². The van der Waals surface area contributed by atoms with Crippen molar-refractivity contribution in [3.8, 4) is 0 Å². The first kappa shape index (κ1) is 12.9. The Hall–Kier alpha value is -2.58. The van der Waals surface area contributed by atoms with E-state index < -0.39 is 0 Å². The standard InChI is InChI=1S/C10H14N8O/c1-7(9-14-16-17-15-9)13-8(19)6-18(2)10-11-4-3-5-12-10/h3-5,7H,6H2,1-2H3,(H,13,19)(H,14,15,16,17). The molecule has 0 aliphatic rings. The SMILES string of the molecule is CC(NC(=O)CN(C)c1ncccn1)c1nn[nH]n1.